The van der Waals surface area contributed by atoms with Crippen molar-refractivity contribution in [2.75, 3.05) is 27.2 Å². The number of carbonyl (C=O) groups excluding carboxylic acids is 1. The molecule has 1 fully saturated rings. The minimum absolute atomic E-state index is 0.0302. The SMILES string of the molecule is CN(C)CCCN1C(=O)C(=Cc2ccccc2)SC1=S. The Morgan fingerprint density at radius 3 is 2.65 bits per heavy atom. The van der Waals surface area contributed by atoms with Crippen molar-refractivity contribution in [3.05, 3.63) is 40.8 Å². The average Bonchev–Trinajstić information content (AvgIpc) is 2.67. The van der Waals surface area contributed by atoms with Gasteiger partial charge in [0.05, 0.1) is 4.91 Å². The number of thiocarbonyl (C=S) groups is 1. The number of thioether (sulfide) groups is 1. The van der Waals surface area contributed by atoms with Gasteiger partial charge in [0.1, 0.15) is 4.32 Å². The van der Waals surface area contributed by atoms with Gasteiger partial charge in [-0.1, -0.05) is 54.3 Å². The summed E-state index contributed by atoms with van der Waals surface area (Å²) in [5.41, 5.74) is 1.03. The van der Waals surface area contributed by atoms with E-state index < -0.39 is 0 Å². The molecule has 1 aromatic carbocycles. The smallest absolute Gasteiger partial charge is 0.266 e. The van der Waals surface area contributed by atoms with E-state index in [2.05, 4.69) is 4.90 Å². The number of benzene rings is 1. The van der Waals surface area contributed by atoms with Gasteiger partial charge in [0.15, 0.2) is 0 Å². The number of hydrogen-bond donors (Lipinski definition) is 0. The van der Waals surface area contributed by atoms with Crippen LogP contribution >= 0.6 is 24.0 Å². The van der Waals surface area contributed by atoms with Gasteiger partial charge in [0.25, 0.3) is 5.91 Å². The molecular formula is C15H18N2OS2. The third-order valence-electron chi connectivity index (χ3n) is 2.96. The molecule has 1 heterocycles. The van der Waals surface area contributed by atoms with Crippen LogP contribution in [0.1, 0.15) is 12.0 Å². The first-order chi connectivity index (χ1) is 9.58. The van der Waals surface area contributed by atoms with E-state index in [-0.39, 0.29) is 5.91 Å². The number of hydrogen-bond acceptors (Lipinski definition) is 4. The van der Waals surface area contributed by atoms with Gasteiger partial charge in [-0.3, -0.25) is 9.69 Å². The Balaban J connectivity index is 2.03. The van der Waals surface area contributed by atoms with Crippen molar-refractivity contribution >= 4 is 40.3 Å². The summed E-state index contributed by atoms with van der Waals surface area (Å²) in [4.78, 5) is 16.9. The Hall–Kier alpha value is -1.17. The summed E-state index contributed by atoms with van der Waals surface area (Å²) in [6.45, 7) is 1.64. The molecule has 1 aromatic rings. The second kappa shape index (κ2) is 7.02. The normalized spacial score (nSPS) is 17.6. The maximum Gasteiger partial charge on any atom is 0.266 e. The summed E-state index contributed by atoms with van der Waals surface area (Å²) in [6, 6.07) is 9.86. The van der Waals surface area contributed by atoms with E-state index >= 15 is 0 Å². The van der Waals surface area contributed by atoms with Crippen molar-refractivity contribution in [3.63, 3.8) is 0 Å². The van der Waals surface area contributed by atoms with E-state index in [9.17, 15) is 4.79 Å². The number of rotatable bonds is 5. The zero-order valence-corrected chi connectivity index (χ0v) is 13.3. The molecule has 0 unspecified atom stereocenters. The summed E-state index contributed by atoms with van der Waals surface area (Å²) in [6.07, 6.45) is 2.84. The van der Waals surface area contributed by atoms with Crippen molar-refractivity contribution < 1.29 is 4.79 Å². The Labute approximate surface area is 129 Å². The van der Waals surface area contributed by atoms with Gasteiger partial charge in [-0.2, -0.15) is 0 Å². The van der Waals surface area contributed by atoms with Gasteiger partial charge in [0, 0.05) is 6.54 Å². The minimum Gasteiger partial charge on any atom is -0.309 e. The lowest BCUT2D eigenvalue weighted by molar-refractivity contribution is -0.122. The fourth-order valence-electron chi connectivity index (χ4n) is 1.94. The third-order valence-corrected chi connectivity index (χ3v) is 4.34. The lowest BCUT2D eigenvalue weighted by Gasteiger charge is -2.16. The zero-order valence-electron chi connectivity index (χ0n) is 11.7. The summed E-state index contributed by atoms with van der Waals surface area (Å²) in [7, 11) is 4.05. The fourth-order valence-corrected chi connectivity index (χ4v) is 3.25. The van der Waals surface area contributed by atoms with Crippen molar-refractivity contribution in [2.24, 2.45) is 0 Å². The van der Waals surface area contributed by atoms with Gasteiger partial charge in [0.2, 0.25) is 0 Å². The Morgan fingerprint density at radius 1 is 1.30 bits per heavy atom. The highest BCUT2D eigenvalue weighted by Gasteiger charge is 2.31. The van der Waals surface area contributed by atoms with Crippen molar-refractivity contribution in [3.8, 4) is 0 Å². The molecule has 5 heteroatoms. The largest absolute Gasteiger partial charge is 0.309 e. The Bertz CT molecular complexity index is 526. The molecule has 1 aliphatic heterocycles. The van der Waals surface area contributed by atoms with Crippen LogP contribution in [-0.2, 0) is 4.79 Å². The van der Waals surface area contributed by atoms with Gasteiger partial charge < -0.3 is 4.90 Å². The van der Waals surface area contributed by atoms with E-state index in [0.717, 1.165) is 18.5 Å². The molecule has 0 atom stereocenters. The number of amides is 1. The first-order valence-electron chi connectivity index (χ1n) is 6.53. The highest BCUT2D eigenvalue weighted by molar-refractivity contribution is 8.26. The van der Waals surface area contributed by atoms with Gasteiger partial charge in [-0.15, -0.1) is 0 Å². The van der Waals surface area contributed by atoms with E-state index in [0.29, 0.717) is 15.8 Å². The topological polar surface area (TPSA) is 23.6 Å². The van der Waals surface area contributed by atoms with Gasteiger partial charge in [-0.05, 0) is 38.7 Å². The fraction of sp³-hybridized carbons (Fsp3) is 0.333. The molecule has 0 bridgehead atoms. The van der Waals surface area contributed by atoms with Crippen LogP contribution in [0.3, 0.4) is 0 Å². The lowest BCUT2D eigenvalue weighted by Crippen LogP contribution is -2.30. The van der Waals surface area contributed by atoms with Crippen LogP contribution in [-0.4, -0.2) is 47.2 Å². The second-order valence-electron chi connectivity index (χ2n) is 4.90. The van der Waals surface area contributed by atoms with Crippen molar-refractivity contribution in [1.29, 1.82) is 0 Å². The second-order valence-corrected chi connectivity index (χ2v) is 6.58. The first kappa shape index (κ1) is 15.2. The Morgan fingerprint density at radius 2 is 2.00 bits per heavy atom. The first-order valence-corrected chi connectivity index (χ1v) is 7.75. The molecule has 1 aliphatic rings. The Kier molecular flexibility index (Phi) is 5.34. The molecular weight excluding hydrogens is 288 g/mol. The molecule has 1 saturated heterocycles. The highest BCUT2D eigenvalue weighted by Crippen LogP contribution is 2.32. The monoisotopic (exact) mass is 306 g/mol. The molecule has 0 saturated carbocycles. The van der Waals surface area contributed by atoms with Crippen LogP contribution < -0.4 is 0 Å². The average molecular weight is 306 g/mol. The molecule has 106 valence electrons. The molecule has 0 N–H and O–H groups in total. The van der Waals surface area contributed by atoms with Crippen LogP contribution in [0.5, 0.6) is 0 Å². The molecule has 0 aromatic heterocycles. The van der Waals surface area contributed by atoms with E-state index in [4.69, 9.17) is 12.2 Å². The van der Waals surface area contributed by atoms with Crippen molar-refractivity contribution in [1.82, 2.24) is 9.80 Å². The summed E-state index contributed by atoms with van der Waals surface area (Å²) >= 11 is 6.69. The zero-order chi connectivity index (χ0) is 14.5. The molecule has 2 rings (SSSR count). The lowest BCUT2D eigenvalue weighted by atomic mass is 10.2. The highest BCUT2D eigenvalue weighted by atomic mass is 32.2. The van der Waals surface area contributed by atoms with Crippen LogP contribution in [0.15, 0.2) is 35.2 Å². The van der Waals surface area contributed by atoms with Crippen LogP contribution in [0, 0.1) is 0 Å². The molecule has 20 heavy (non-hydrogen) atoms. The number of nitrogens with zero attached hydrogens (tertiary/aromatic N) is 2. The molecule has 0 spiro atoms. The van der Waals surface area contributed by atoms with Crippen LogP contribution in [0.4, 0.5) is 0 Å². The predicted octanol–water partition coefficient (Wildman–Crippen LogP) is 2.84. The van der Waals surface area contributed by atoms with Crippen molar-refractivity contribution in [2.45, 2.75) is 6.42 Å². The molecule has 1 amide bonds. The molecule has 3 nitrogen and oxygen atoms in total. The summed E-state index contributed by atoms with van der Waals surface area (Å²) < 4.78 is 0.663. The minimum atomic E-state index is 0.0302. The molecule has 0 aliphatic carbocycles. The van der Waals surface area contributed by atoms with Crippen LogP contribution in [0.25, 0.3) is 6.08 Å². The van der Waals surface area contributed by atoms with E-state index in [1.807, 2.05) is 50.5 Å². The van der Waals surface area contributed by atoms with Gasteiger partial charge in [-0.25, -0.2) is 0 Å². The standard InChI is InChI=1S/C15H18N2OS2/c1-16(2)9-6-10-17-14(18)13(20-15(17)19)11-12-7-4-3-5-8-12/h3-5,7-8,11H,6,9-10H2,1-2H3. The quantitative estimate of drug-likeness (QED) is 0.616. The summed E-state index contributed by atoms with van der Waals surface area (Å²) in [5, 5.41) is 0. The van der Waals surface area contributed by atoms with E-state index in [1.165, 1.54) is 11.8 Å². The van der Waals surface area contributed by atoms with E-state index in [1.54, 1.807) is 4.90 Å². The maximum absolute atomic E-state index is 12.3. The molecule has 0 radical (unpaired) electrons. The number of carbonyl (C=O) groups is 1. The predicted molar refractivity (Wildman–Crippen MR) is 89.5 cm³/mol. The third kappa shape index (κ3) is 3.91. The maximum atomic E-state index is 12.3. The van der Waals surface area contributed by atoms with Crippen LogP contribution in [0.2, 0.25) is 0 Å². The van der Waals surface area contributed by atoms with Gasteiger partial charge >= 0.3 is 0 Å². The summed E-state index contributed by atoms with van der Waals surface area (Å²) in [5.74, 6) is 0.0302.